The van der Waals surface area contributed by atoms with Crippen molar-refractivity contribution in [2.75, 3.05) is 6.54 Å². The van der Waals surface area contributed by atoms with E-state index in [1.165, 1.54) is 12.3 Å². The smallest absolute Gasteiger partial charge is 0.280 e. The molecule has 4 heterocycles. The monoisotopic (exact) mass is 451 g/mol. The molecule has 1 atom stereocenters. The normalized spacial score (nSPS) is 16.2. The first-order valence-electron chi connectivity index (χ1n) is 11.1. The average molecular weight is 451 g/mol. The van der Waals surface area contributed by atoms with Gasteiger partial charge in [-0.25, -0.2) is 18.3 Å². The molecule has 0 aliphatic carbocycles. The summed E-state index contributed by atoms with van der Waals surface area (Å²) in [6, 6.07) is 12.0. The van der Waals surface area contributed by atoms with Crippen molar-refractivity contribution in [3.63, 3.8) is 0 Å². The number of fused-ring (bicyclic) bond motifs is 1. The summed E-state index contributed by atoms with van der Waals surface area (Å²) in [7, 11) is 0. The molecule has 9 heteroatoms. The van der Waals surface area contributed by atoms with E-state index in [9.17, 15) is 13.6 Å². The standard InChI is InChI=1S/C24H23F2N5O2/c1-2-7-16-12-19(29-33-16)20-10-6-11-30(20)24(32)17-14-27-31-21(22(25)26)13-18(28-23(17)31)15-8-4-3-5-9-15/h3-5,8-9,12-14,20,22H,2,6-7,10-11H2,1H3/t20-/m0/s1. The molecule has 1 amide bonds. The van der Waals surface area contributed by atoms with Crippen molar-refractivity contribution >= 4 is 11.6 Å². The number of rotatable bonds is 6. The Labute approximate surface area is 189 Å². The third kappa shape index (κ3) is 3.88. The number of halogens is 2. The van der Waals surface area contributed by atoms with Gasteiger partial charge >= 0.3 is 0 Å². The molecule has 4 aromatic rings. The van der Waals surface area contributed by atoms with Crippen LogP contribution in [0, 0.1) is 0 Å². The maximum absolute atomic E-state index is 13.8. The number of carbonyl (C=O) groups is 1. The minimum Gasteiger partial charge on any atom is -0.361 e. The van der Waals surface area contributed by atoms with E-state index < -0.39 is 6.43 Å². The first-order valence-corrected chi connectivity index (χ1v) is 11.1. The molecular weight excluding hydrogens is 428 g/mol. The molecule has 1 aromatic carbocycles. The Hall–Kier alpha value is -3.62. The van der Waals surface area contributed by atoms with Gasteiger partial charge in [-0.2, -0.15) is 5.10 Å². The molecule has 3 aromatic heterocycles. The van der Waals surface area contributed by atoms with Gasteiger partial charge in [0, 0.05) is 24.6 Å². The Morgan fingerprint density at radius 1 is 1.24 bits per heavy atom. The van der Waals surface area contributed by atoms with Crippen LogP contribution in [0.3, 0.4) is 0 Å². The van der Waals surface area contributed by atoms with Gasteiger partial charge in [0.05, 0.1) is 17.9 Å². The molecule has 1 aliphatic rings. The Kier molecular flexibility index (Phi) is 5.62. The van der Waals surface area contributed by atoms with Gasteiger partial charge < -0.3 is 9.42 Å². The molecule has 1 fully saturated rings. The van der Waals surface area contributed by atoms with Crippen molar-refractivity contribution in [3.05, 3.63) is 71.4 Å². The molecular formula is C24H23F2N5O2. The summed E-state index contributed by atoms with van der Waals surface area (Å²) in [6.07, 6.45) is 1.85. The fourth-order valence-corrected chi connectivity index (χ4v) is 4.37. The lowest BCUT2D eigenvalue weighted by Gasteiger charge is -2.22. The second-order valence-corrected chi connectivity index (χ2v) is 8.15. The number of benzene rings is 1. The van der Waals surface area contributed by atoms with Crippen molar-refractivity contribution in [2.24, 2.45) is 0 Å². The van der Waals surface area contributed by atoms with Gasteiger partial charge in [0.25, 0.3) is 12.3 Å². The summed E-state index contributed by atoms with van der Waals surface area (Å²) in [4.78, 5) is 19.8. The zero-order valence-corrected chi connectivity index (χ0v) is 18.1. The summed E-state index contributed by atoms with van der Waals surface area (Å²) in [5, 5.41) is 8.27. The van der Waals surface area contributed by atoms with Gasteiger partial charge in [0.1, 0.15) is 22.7 Å². The molecule has 1 saturated heterocycles. The van der Waals surface area contributed by atoms with Crippen LogP contribution >= 0.6 is 0 Å². The van der Waals surface area contributed by atoms with Gasteiger partial charge in [0.15, 0.2) is 5.65 Å². The number of carbonyl (C=O) groups excluding carboxylic acids is 1. The van der Waals surface area contributed by atoms with Crippen molar-refractivity contribution in [3.8, 4) is 11.3 Å². The fraction of sp³-hybridized carbons (Fsp3) is 0.333. The number of nitrogens with zero attached hydrogens (tertiary/aromatic N) is 5. The summed E-state index contributed by atoms with van der Waals surface area (Å²) in [5.41, 5.74) is 1.77. The summed E-state index contributed by atoms with van der Waals surface area (Å²) >= 11 is 0. The van der Waals surface area contributed by atoms with Crippen molar-refractivity contribution < 1.29 is 18.1 Å². The van der Waals surface area contributed by atoms with E-state index in [1.54, 1.807) is 17.0 Å². The van der Waals surface area contributed by atoms with E-state index in [2.05, 4.69) is 22.2 Å². The third-order valence-electron chi connectivity index (χ3n) is 5.95. The number of aryl methyl sites for hydroxylation is 1. The summed E-state index contributed by atoms with van der Waals surface area (Å²) in [5.74, 6) is 0.490. The van der Waals surface area contributed by atoms with E-state index in [1.807, 2.05) is 24.3 Å². The first-order chi connectivity index (χ1) is 16.1. The topological polar surface area (TPSA) is 76.5 Å². The predicted octanol–water partition coefficient (Wildman–Crippen LogP) is 5.25. The van der Waals surface area contributed by atoms with Gasteiger partial charge in [-0.05, 0) is 25.3 Å². The Bertz CT molecular complexity index is 1280. The maximum Gasteiger partial charge on any atom is 0.280 e. The molecule has 0 unspecified atom stereocenters. The highest BCUT2D eigenvalue weighted by Gasteiger charge is 2.34. The summed E-state index contributed by atoms with van der Waals surface area (Å²) < 4.78 is 34.2. The Balaban J connectivity index is 1.55. The minimum absolute atomic E-state index is 0.120. The van der Waals surface area contributed by atoms with Gasteiger partial charge in [-0.15, -0.1) is 0 Å². The van der Waals surface area contributed by atoms with Crippen LogP contribution in [0.4, 0.5) is 8.78 Å². The largest absolute Gasteiger partial charge is 0.361 e. The maximum atomic E-state index is 13.8. The van der Waals surface area contributed by atoms with Crippen LogP contribution in [0.15, 0.2) is 53.2 Å². The zero-order valence-electron chi connectivity index (χ0n) is 18.1. The van der Waals surface area contributed by atoms with Crippen LogP contribution in [-0.4, -0.2) is 37.1 Å². The average Bonchev–Trinajstić information content (AvgIpc) is 3.58. The van der Waals surface area contributed by atoms with Crippen molar-refractivity contribution in [2.45, 2.75) is 45.1 Å². The molecule has 1 aliphatic heterocycles. The van der Waals surface area contributed by atoms with Gasteiger partial charge in [-0.1, -0.05) is 42.4 Å². The van der Waals surface area contributed by atoms with E-state index in [0.29, 0.717) is 23.5 Å². The second-order valence-electron chi connectivity index (χ2n) is 8.15. The highest BCUT2D eigenvalue weighted by Crippen LogP contribution is 2.34. The summed E-state index contributed by atoms with van der Waals surface area (Å²) in [6.45, 7) is 2.60. The molecule has 33 heavy (non-hydrogen) atoms. The Morgan fingerprint density at radius 2 is 2.06 bits per heavy atom. The number of alkyl halides is 2. The predicted molar refractivity (Wildman–Crippen MR) is 117 cm³/mol. The van der Waals surface area contributed by atoms with E-state index in [-0.39, 0.29) is 28.9 Å². The van der Waals surface area contributed by atoms with E-state index in [4.69, 9.17) is 4.52 Å². The Morgan fingerprint density at radius 3 is 2.82 bits per heavy atom. The lowest BCUT2D eigenvalue weighted by molar-refractivity contribution is 0.0732. The minimum atomic E-state index is -2.77. The molecule has 0 radical (unpaired) electrons. The van der Waals surface area contributed by atoms with Gasteiger partial charge in [-0.3, -0.25) is 4.79 Å². The first kappa shape index (κ1) is 21.2. The van der Waals surface area contributed by atoms with Crippen LogP contribution in [0.1, 0.15) is 66.2 Å². The molecule has 0 bridgehead atoms. The van der Waals surface area contributed by atoms with Gasteiger partial charge in [0.2, 0.25) is 0 Å². The number of amides is 1. The molecule has 0 N–H and O–H groups in total. The number of likely N-dealkylation sites (tertiary alicyclic amines) is 1. The fourth-order valence-electron chi connectivity index (χ4n) is 4.37. The quantitative estimate of drug-likeness (QED) is 0.400. The number of aromatic nitrogens is 4. The van der Waals surface area contributed by atoms with Crippen molar-refractivity contribution in [1.29, 1.82) is 0 Å². The highest BCUT2D eigenvalue weighted by atomic mass is 19.3. The zero-order chi connectivity index (χ0) is 22.9. The molecule has 0 saturated carbocycles. The second kappa shape index (κ2) is 8.73. The van der Waals surface area contributed by atoms with Crippen LogP contribution in [0.2, 0.25) is 0 Å². The van der Waals surface area contributed by atoms with Crippen LogP contribution < -0.4 is 0 Å². The SMILES string of the molecule is CCCc1cc([C@@H]2CCCN2C(=O)c2cnn3c(C(F)F)cc(-c4ccccc4)nc23)no1. The molecule has 0 spiro atoms. The van der Waals surface area contributed by atoms with Crippen LogP contribution in [-0.2, 0) is 6.42 Å². The lowest BCUT2D eigenvalue weighted by Crippen LogP contribution is -2.30. The molecule has 7 nitrogen and oxygen atoms in total. The molecule has 170 valence electrons. The third-order valence-corrected chi connectivity index (χ3v) is 5.95. The van der Waals surface area contributed by atoms with E-state index >= 15 is 0 Å². The lowest BCUT2D eigenvalue weighted by atomic mass is 10.1. The van der Waals surface area contributed by atoms with Crippen LogP contribution in [0.5, 0.6) is 0 Å². The van der Waals surface area contributed by atoms with Crippen molar-refractivity contribution in [1.82, 2.24) is 24.7 Å². The van der Waals surface area contributed by atoms with Crippen LogP contribution in [0.25, 0.3) is 16.9 Å². The van der Waals surface area contributed by atoms with E-state index in [0.717, 1.165) is 36.0 Å². The number of hydrogen-bond acceptors (Lipinski definition) is 5. The number of hydrogen-bond donors (Lipinski definition) is 0. The molecule has 5 rings (SSSR count). The highest BCUT2D eigenvalue weighted by molar-refractivity contribution is 6.00.